The fourth-order valence-electron chi connectivity index (χ4n) is 2.04. The number of hydrogen-bond donors (Lipinski definition) is 0. The third-order valence-corrected chi connectivity index (χ3v) is 2.74. The van der Waals surface area contributed by atoms with Gasteiger partial charge in [-0.15, -0.1) is 0 Å². The second kappa shape index (κ2) is 9.18. The summed E-state index contributed by atoms with van der Waals surface area (Å²) in [6.45, 7) is 10.9. The van der Waals surface area contributed by atoms with Crippen molar-refractivity contribution >= 4 is 5.97 Å². The van der Waals surface area contributed by atoms with E-state index in [1.54, 1.807) is 12.1 Å². The molecule has 0 aliphatic rings. The van der Waals surface area contributed by atoms with Crippen molar-refractivity contribution < 1.29 is 23.7 Å². The first kappa shape index (κ1) is 18.1. The maximum Gasteiger partial charge on any atom is 0.310 e. The van der Waals surface area contributed by atoms with Gasteiger partial charge in [0.1, 0.15) is 17.2 Å². The Morgan fingerprint density at radius 2 is 1.45 bits per heavy atom. The summed E-state index contributed by atoms with van der Waals surface area (Å²) in [5.41, 5.74) is 0.692. The SMILES string of the molecule is CCOc1cc(OCC)c(CC(=O)OC(C)C)c(OCC)c1. The summed E-state index contributed by atoms with van der Waals surface area (Å²) in [4.78, 5) is 12.0. The number of rotatable bonds is 9. The lowest BCUT2D eigenvalue weighted by Crippen LogP contribution is -2.15. The molecule has 0 saturated carbocycles. The average molecular weight is 310 g/mol. The van der Waals surface area contributed by atoms with Gasteiger partial charge in [-0.1, -0.05) is 0 Å². The fourth-order valence-corrected chi connectivity index (χ4v) is 2.04. The lowest BCUT2D eigenvalue weighted by molar-refractivity contribution is -0.146. The van der Waals surface area contributed by atoms with E-state index in [2.05, 4.69) is 0 Å². The van der Waals surface area contributed by atoms with E-state index < -0.39 is 0 Å². The molecule has 0 aliphatic heterocycles. The molecule has 0 spiro atoms. The van der Waals surface area contributed by atoms with E-state index >= 15 is 0 Å². The highest BCUT2D eigenvalue weighted by Crippen LogP contribution is 2.35. The van der Waals surface area contributed by atoms with Crippen molar-refractivity contribution in [3.8, 4) is 17.2 Å². The Labute approximate surface area is 132 Å². The van der Waals surface area contributed by atoms with E-state index in [1.807, 2.05) is 34.6 Å². The van der Waals surface area contributed by atoms with Gasteiger partial charge in [-0.2, -0.15) is 0 Å². The predicted octanol–water partition coefficient (Wildman–Crippen LogP) is 3.38. The molecule has 22 heavy (non-hydrogen) atoms. The molecular formula is C17H26O5. The van der Waals surface area contributed by atoms with Crippen LogP contribution >= 0.6 is 0 Å². The average Bonchev–Trinajstić information content (AvgIpc) is 2.42. The van der Waals surface area contributed by atoms with E-state index in [4.69, 9.17) is 18.9 Å². The number of esters is 1. The summed E-state index contributed by atoms with van der Waals surface area (Å²) in [5.74, 6) is 1.55. The second-order valence-electron chi connectivity index (χ2n) is 4.91. The molecule has 0 bridgehead atoms. The number of benzene rings is 1. The Morgan fingerprint density at radius 1 is 0.955 bits per heavy atom. The minimum absolute atomic E-state index is 0.106. The normalized spacial score (nSPS) is 10.5. The first-order valence-corrected chi connectivity index (χ1v) is 7.76. The van der Waals surface area contributed by atoms with Crippen LogP contribution in [0.4, 0.5) is 0 Å². The third kappa shape index (κ3) is 5.47. The van der Waals surface area contributed by atoms with Crippen LogP contribution in [0.1, 0.15) is 40.2 Å². The zero-order valence-electron chi connectivity index (χ0n) is 14.1. The summed E-state index contributed by atoms with van der Waals surface area (Å²) in [6, 6.07) is 3.57. The van der Waals surface area contributed by atoms with Crippen molar-refractivity contribution in [3.05, 3.63) is 17.7 Å². The van der Waals surface area contributed by atoms with E-state index in [1.165, 1.54) is 0 Å². The highest BCUT2D eigenvalue weighted by atomic mass is 16.5. The van der Waals surface area contributed by atoms with Crippen LogP contribution in [0.15, 0.2) is 12.1 Å². The van der Waals surface area contributed by atoms with Gasteiger partial charge in [0, 0.05) is 17.7 Å². The van der Waals surface area contributed by atoms with Gasteiger partial charge in [-0.3, -0.25) is 4.79 Å². The van der Waals surface area contributed by atoms with Crippen molar-refractivity contribution in [2.75, 3.05) is 19.8 Å². The zero-order valence-corrected chi connectivity index (χ0v) is 14.1. The molecule has 0 aliphatic carbocycles. The summed E-state index contributed by atoms with van der Waals surface area (Å²) in [6.07, 6.45) is -0.0452. The lowest BCUT2D eigenvalue weighted by atomic mass is 10.1. The van der Waals surface area contributed by atoms with Crippen LogP contribution in [-0.2, 0) is 16.0 Å². The smallest absolute Gasteiger partial charge is 0.310 e. The number of carbonyl (C=O) groups excluding carboxylic acids is 1. The first-order chi connectivity index (χ1) is 10.5. The Hall–Kier alpha value is -1.91. The molecule has 0 amide bonds. The second-order valence-corrected chi connectivity index (χ2v) is 4.91. The van der Waals surface area contributed by atoms with Crippen molar-refractivity contribution in [1.29, 1.82) is 0 Å². The van der Waals surface area contributed by atoms with Crippen LogP contribution in [-0.4, -0.2) is 31.9 Å². The molecule has 0 heterocycles. The van der Waals surface area contributed by atoms with Crippen molar-refractivity contribution in [1.82, 2.24) is 0 Å². The van der Waals surface area contributed by atoms with Gasteiger partial charge in [-0.05, 0) is 34.6 Å². The van der Waals surface area contributed by atoms with Gasteiger partial charge in [0.15, 0.2) is 0 Å². The van der Waals surface area contributed by atoms with Gasteiger partial charge in [0.2, 0.25) is 0 Å². The molecule has 0 aromatic heterocycles. The quantitative estimate of drug-likeness (QED) is 0.655. The fraction of sp³-hybridized carbons (Fsp3) is 0.588. The maximum atomic E-state index is 12.0. The molecule has 1 aromatic carbocycles. The summed E-state index contributed by atoms with van der Waals surface area (Å²) in [7, 11) is 0. The highest BCUT2D eigenvalue weighted by Gasteiger charge is 2.19. The minimum Gasteiger partial charge on any atom is -0.494 e. The molecule has 1 rings (SSSR count). The lowest BCUT2D eigenvalue weighted by Gasteiger charge is -2.17. The van der Waals surface area contributed by atoms with Crippen molar-refractivity contribution in [3.63, 3.8) is 0 Å². The zero-order chi connectivity index (χ0) is 16.5. The number of hydrogen-bond acceptors (Lipinski definition) is 5. The molecule has 0 unspecified atom stereocenters. The van der Waals surface area contributed by atoms with E-state index in [-0.39, 0.29) is 18.5 Å². The van der Waals surface area contributed by atoms with Crippen LogP contribution in [0, 0.1) is 0 Å². The summed E-state index contributed by atoms with van der Waals surface area (Å²) < 4.78 is 22.0. The first-order valence-electron chi connectivity index (χ1n) is 7.76. The molecular weight excluding hydrogens is 284 g/mol. The molecule has 0 N–H and O–H groups in total. The van der Waals surface area contributed by atoms with Crippen LogP contribution in [0.5, 0.6) is 17.2 Å². The maximum absolute atomic E-state index is 12.0. The number of carbonyl (C=O) groups is 1. The van der Waals surface area contributed by atoms with Gasteiger partial charge in [0.25, 0.3) is 0 Å². The molecule has 0 radical (unpaired) electrons. The molecule has 5 heteroatoms. The van der Waals surface area contributed by atoms with E-state index in [0.717, 1.165) is 0 Å². The third-order valence-electron chi connectivity index (χ3n) is 2.74. The molecule has 0 atom stereocenters. The minimum atomic E-state index is -0.305. The number of ether oxygens (including phenoxy) is 4. The van der Waals surface area contributed by atoms with Crippen LogP contribution in [0.3, 0.4) is 0 Å². The Kier molecular flexibility index (Phi) is 7.57. The highest BCUT2D eigenvalue weighted by molar-refractivity contribution is 5.75. The largest absolute Gasteiger partial charge is 0.494 e. The Morgan fingerprint density at radius 3 is 1.86 bits per heavy atom. The van der Waals surface area contributed by atoms with Crippen LogP contribution < -0.4 is 14.2 Å². The summed E-state index contributed by atoms with van der Waals surface area (Å²) in [5, 5.41) is 0. The van der Waals surface area contributed by atoms with Crippen molar-refractivity contribution in [2.24, 2.45) is 0 Å². The molecule has 124 valence electrons. The van der Waals surface area contributed by atoms with Crippen LogP contribution in [0.25, 0.3) is 0 Å². The topological polar surface area (TPSA) is 54.0 Å². The van der Waals surface area contributed by atoms with Gasteiger partial charge in [-0.25, -0.2) is 0 Å². The predicted molar refractivity (Wildman–Crippen MR) is 84.9 cm³/mol. The Bertz CT molecular complexity index is 455. The van der Waals surface area contributed by atoms with Crippen molar-refractivity contribution in [2.45, 2.75) is 47.1 Å². The summed E-state index contributed by atoms with van der Waals surface area (Å²) >= 11 is 0. The van der Waals surface area contributed by atoms with Gasteiger partial charge in [0.05, 0.1) is 32.3 Å². The Balaban J connectivity index is 3.15. The van der Waals surface area contributed by atoms with Gasteiger partial charge >= 0.3 is 5.97 Å². The van der Waals surface area contributed by atoms with E-state index in [0.29, 0.717) is 42.6 Å². The molecule has 1 aromatic rings. The van der Waals surface area contributed by atoms with E-state index in [9.17, 15) is 4.79 Å². The molecule has 0 saturated heterocycles. The molecule has 5 nitrogen and oxygen atoms in total. The monoisotopic (exact) mass is 310 g/mol. The standard InChI is InChI=1S/C17H26O5/c1-6-19-13-9-15(20-7-2)14(16(10-13)21-8-3)11-17(18)22-12(4)5/h9-10,12H,6-8,11H2,1-5H3. The van der Waals surface area contributed by atoms with Gasteiger partial charge < -0.3 is 18.9 Å². The van der Waals surface area contributed by atoms with Crippen LogP contribution in [0.2, 0.25) is 0 Å². The molecule has 0 fully saturated rings.